The highest BCUT2D eigenvalue weighted by atomic mass is 16.6. The number of benzene rings is 2. The van der Waals surface area contributed by atoms with Crippen molar-refractivity contribution in [3.8, 4) is 23.0 Å². The van der Waals surface area contributed by atoms with Gasteiger partial charge in [0.15, 0.2) is 23.0 Å². The summed E-state index contributed by atoms with van der Waals surface area (Å²) in [6, 6.07) is 15.0. The van der Waals surface area contributed by atoms with Crippen LogP contribution >= 0.6 is 0 Å². The van der Waals surface area contributed by atoms with Crippen molar-refractivity contribution >= 4 is 11.4 Å². The van der Waals surface area contributed by atoms with Gasteiger partial charge in [-0.2, -0.15) is 0 Å². The molecular formula is C36H54N4O6. The summed E-state index contributed by atoms with van der Waals surface area (Å²) < 4.78 is 20.9. The Labute approximate surface area is 275 Å². The fourth-order valence-corrected chi connectivity index (χ4v) is 7.59. The molecule has 254 valence electrons. The Hall–Kier alpha value is -3.34. The third kappa shape index (κ3) is 8.32. The first-order chi connectivity index (χ1) is 22.3. The van der Waals surface area contributed by atoms with Gasteiger partial charge < -0.3 is 44.1 Å². The van der Waals surface area contributed by atoms with Gasteiger partial charge >= 0.3 is 0 Å². The van der Waals surface area contributed by atoms with Crippen LogP contribution in [0.15, 0.2) is 47.6 Å². The fraction of sp³-hybridized carbons (Fsp3) is 0.611. The smallest absolute Gasteiger partial charge is 0.161 e. The molecule has 0 radical (unpaired) electrons. The molecule has 2 aliphatic heterocycles. The second kappa shape index (κ2) is 17.0. The zero-order chi connectivity index (χ0) is 33.1. The molecule has 2 saturated heterocycles. The van der Waals surface area contributed by atoms with Crippen LogP contribution in [0.25, 0.3) is 0 Å². The van der Waals surface area contributed by atoms with E-state index < -0.39 is 0 Å². The number of hydrogen-bond acceptors (Lipinski definition) is 10. The lowest BCUT2D eigenvalue weighted by molar-refractivity contribution is 0.0963. The maximum atomic E-state index is 8.59. The zero-order valence-corrected chi connectivity index (χ0v) is 28.6. The lowest BCUT2D eigenvalue weighted by atomic mass is 9.65. The molecule has 4 atom stereocenters. The van der Waals surface area contributed by atoms with E-state index in [1.54, 1.807) is 28.4 Å². The Morgan fingerprint density at radius 3 is 2.15 bits per heavy atom. The molecule has 4 aliphatic rings. The van der Waals surface area contributed by atoms with Gasteiger partial charge in [0.05, 0.1) is 40.8 Å². The molecule has 2 heterocycles. The van der Waals surface area contributed by atoms with Gasteiger partial charge in [0, 0.05) is 36.1 Å². The first-order valence-electron chi connectivity index (χ1n) is 16.4. The molecule has 0 spiro atoms. The summed E-state index contributed by atoms with van der Waals surface area (Å²) in [5.74, 6) is 3.99. The van der Waals surface area contributed by atoms with Crippen molar-refractivity contribution in [3.63, 3.8) is 0 Å². The van der Waals surface area contributed by atoms with E-state index in [1.807, 2.05) is 30.3 Å². The summed E-state index contributed by atoms with van der Waals surface area (Å²) in [5, 5.41) is 20.7. The van der Waals surface area contributed by atoms with Crippen LogP contribution in [0.4, 0.5) is 0 Å². The van der Waals surface area contributed by atoms with Crippen molar-refractivity contribution in [3.05, 3.63) is 48.0 Å². The Balaban J connectivity index is 0.000000168. The number of nitrogens with one attached hydrogen (secondary N) is 1. The number of likely N-dealkylation sites (tertiary alicyclic amines) is 2. The van der Waals surface area contributed by atoms with Crippen molar-refractivity contribution in [1.29, 1.82) is 5.41 Å². The van der Waals surface area contributed by atoms with Gasteiger partial charge in [-0.25, -0.2) is 0 Å². The number of methoxy groups -OCH3 is 4. The Bertz CT molecular complexity index is 1280. The van der Waals surface area contributed by atoms with Gasteiger partial charge in [0.1, 0.15) is 6.61 Å². The van der Waals surface area contributed by atoms with Gasteiger partial charge in [-0.05, 0) is 101 Å². The number of fused-ring (bicyclic) bond motifs is 2. The van der Waals surface area contributed by atoms with Gasteiger partial charge in [-0.15, -0.1) is 0 Å². The molecule has 10 heteroatoms. The number of nitrogens with zero attached hydrogens (tertiary/aromatic N) is 3. The average molecular weight is 639 g/mol. The lowest BCUT2D eigenvalue weighted by Gasteiger charge is -2.42. The molecule has 0 bridgehead atoms. The van der Waals surface area contributed by atoms with Crippen molar-refractivity contribution < 1.29 is 28.9 Å². The van der Waals surface area contributed by atoms with E-state index in [1.165, 1.54) is 30.7 Å². The van der Waals surface area contributed by atoms with E-state index in [2.05, 4.69) is 41.2 Å². The molecule has 2 aromatic carbocycles. The quantitative estimate of drug-likeness (QED) is 0.292. The SMILES string of the molecule is CN1CCC2CC/C(=N\OCCO)CC21.COc1ccc([C@@]23CCC(=N)CC2N(C)CC3)cc1OC.COc1ccccc1OC. The Kier molecular flexibility index (Phi) is 13.1. The third-order valence-corrected chi connectivity index (χ3v) is 10.2. The van der Waals surface area contributed by atoms with E-state index in [9.17, 15) is 0 Å². The number of aliphatic hydroxyl groups is 1. The molecule has 10 nitrogen and oxygen atoms in total. The van der Waals surface area contributed by atoms with E-state index in [4.69, 9.17) is 34.3 Å². The van der Waals surface area contributed by atoms with Crippen LogP contribution in [-0.2, 0) is 10.3 Å². The van der Waals surface area contributed by atoms with Gasteiger partial charge in [-0.3, -0.25) is 0 Å². The summed E-state index contributed by atoms with van der Waals surface area (Å²) in [6.45, 7) is 2.68. The van der Waals surface area contributed by atoms with Gasteiger partial charge in [0.25, 0.3) is 0 Å². The summed E-state index contributed by atoms with van der Waals surface area (Å²) in [6.07, 6.45) is 8.74. The van der Waals surface area contributed by atoms with E-state index in [0.717, 1.165) is 79.7 Å². The Morgan fingerprint density at radius 1 is 0.826 bits per heavy atom. The molecule has 46 heavy (non-hydrogen) atoms. The number of para-hydroxylation sites is 2. The van der Waals surface area contributed by atoms with Crippen molar-refractivity contribution in [2.45, 2.75) is 68.9 Å². The maximum Gasteiger partial charge on any atom is 0.161 e. The number of aliphatic hydroxyl groups excluding tert-OH is 1. The third-order valence-electron chi connectivity index (χ3n) is 10.2. The van der Waals surface area contributed by atoms with Crippen LogP contribution in [0, 0.1) is 11.3 Å². The minimum atomic E-state index is 0.0444. The summed E-state index contributed by atoms with van der Waals surface area (Å²) >= 11 is 0. The molecule has 4 fully saturated rings. The summed E-state index contributed by atoms with van der Waals surface area (Å²) in [5.41, 5.74) is 3.56. The molecule has 2 aromatic rings. The first-order valence-corrected chi connectivity index (χ1v) is 16.4. The monoisotopic (exact) mass is 638 g/mol. The van der Waals surface area contributed by atoms with E-state index >= 15 is 0 Å². The Morgan fingerprint density at radius 2 is 1.50 bits per heavy atom. The van der Waals surface area contributed by atoms with Crippen molar-refractivity contribution in [2.24, 2.45) is 11.1 Å². The highest BCUT2D eigenvalue weighted by Crippen LogP contribution is 2.49. The summed E-state index contributed by atoms with van der Waals surface area (Å²) in [7, 11) is 11.0. The lowest BCUT2D eigenvalue weighted by Crippen LogP contribution is -2.46. The van der Waals surface area contributed by atoms with Crippen LogP contribution in [0.1, 0.15) is 56.9 Å². The fourth-order valence-electron chi connectivity index (χ4n) is 7.59. The van der Waals surface area contributed by atoms with Gasteiger partial charge in [0.2, 0.25) is 0 Å². The van der Waals surface area contributed by atoms with Crippen molar-refractivity contribution in [2.75, 3.05) is 68.8 Å². The van der Waals surface area contributed by atoms with Gasteiger partial charge in [-0.1, -0.05) is 23.4 Å². The predicted octanol–water partition coefficient (Wildman–Crippen LogP) is 5.41. The minimum Gasteiger partial charge on any atom is -0.493 e. The van der Waals surface area contributed by atoms with Crippen LogP contribution < -0.4 is 18.9 Å². The molecule has 6 rings (SSSR count). The predicted molar refractivity (Wildman–Crippen MR) is 182 cm³/mol. The number of hydrogen-bond donors (Lipinski definition) is 2. The highest BCUT2D eigenvalue weighted by Gasteiger charge is 2.49. The first kappa shape index (κ1) is 35.5. The van der Waals surface area contributed by atoms with Crippen molar-refractivity contribution in [1.82, 2.24) is 9.80 Å². The molecule has 2 aliphatic carbocycles. The number of rotatable bonds is 8. The minimum absolute atomic E-state index is 0.0444. The second-order valence-electron chi connectivity index (χ2n) is 12.7. The van der Waals surface area contributed by atoms with Crippen LogP contribution in [-0.4, -0.2) is 107 Å². The van der Waals surface area contributed by atoms with E-state index in [-0.39, 0.29) is 12.0 Å². The van der Waals surface area contributed by atoms with Crippen LogP contribution in [0.2, 0.25) is 0 Å². The molecule has 3 unspecified atom stereocenters. The number of oxime groups is 1. The zero-order valence-electron chi connectivity index (χ0n) is 28.6. The standard InChI is InChI=1S/C17H24N2O2.C11H20N2O2.C8H10O2/c1-19-9-8-17(7-6-13(18)11-16(17)19)12-4-5-14(20-2)15(10-12)21-3;1-13-5-4-9-2-3-10(8-11(9)13)12-15-7-6-14;1-9-7-5-3-4-6-8(7)10-2/h4-5,10,16,18H,6-9,11H2,1-3H3;9,11,14H,2-8H2,1H3;3-6H,1-2H3/b;12-10+;/t16?,17-;;/m0../s1. The molecule has 0 aromatic heterocycles. The van der Waals surface area contributed by atoms with E-state index in [0.29, 0.717) is 18.7 Å². The number of likely N-dealkylation sites (N-methyl/N-ethyl adjacent to an activating group) is 1. The number of ether oxygens (including phenoxy) is 4. The maximum absolute atomic E-state index is 8.59. The second-order valence-corrected chi connectivity index (χ2v) is 12.7. The largest absolute Gasteiger partial charge is 0.493 e. The summed E-state index contributed by atoms with van der Waals surface area (Å²) in [4.78, 5) is 9.88. The highest BCUT2D eigenvalue weighted by molar-refractivity contribution is 5.85. The van der Waals surface area contributed by atoms with Crippen LogP contribution in [0.3, 0.4) is 0 Å². The molecular weight excluding hydrogens is 584 g/mol. The topological polar surface area (TPSA) is 109 Å². The normalized spacial score (nSPS) is 26.5. The molecule has 2 N–H and O–H groups in total. The molecule has 0 amide bonds. The average Bonchev–Trinajstić information content (AvgIpc) is 3.64. The van der Waals surface area contributed by atoms with Crippen LogP contribution in [0.5, 0.6) is 23.0 Å². The molecule has 2 saturated carbocycles.